The first kappa shape index (κ1) is 25.7. The Bertz CT molecular complexity index is 1570. The summed E-state index contributed by atoms with van der Waals surface area (Å²) in [6.07, 6.45) is -5.00. The van der Waals surface area contributed by atoms with Crippen molar-refractivity contribution in [2.24, 2.45) is 7.05 Å². The molecule has 7 nitrogen and oxygen atoms in total. The van der Waals surface area contributed by atoms with Crippen LogP contribution in [-0.4, -0.2) is 32.6 Å². The highest BCUT2D eigenvalue weighted by Crippen LogP contribution is 2.35. The Balaban J connectivity index is 1.60. The first-order chi connectivity index (χ1) is 17.4. The van der Waals surface area contributed by atoms with Gasteiger partial charge in [0.15, 0.2) is 5.82 Å². The molecule has 37 heavy (non-hydrogen) atoms. The van der Waals surface area contributed by atoms with Gasteiger partial charge in [-0.25, -0.2) is 9.18 Å². The van der Waals surface area contributed by atoms with Crippen molar-refractivity contribution >= 4 is 22.8 Å². The van der Waals surface area contributed by atoms with E-state index in [9.17, 15) is 37.1 Å². The summed E-state index contributed by atoms with van der Waals surface area (Å²) < 4.78 is 56.7. The predicted octanol–water partition coefficient (Wildman–Crippen LogP) is 4.43. The lowest BCUT2D eigenvalue weighted by Gasteiger charge is -2.17. The maximum Gasteiger partial charge on any atom is 0.417 e. The van der Waals surface area contributed by atoms with Gasteiger partial charge in [-0.05, 0) is 36.2 Å². The Morgan fingerprint density at radius 2 is 1.76 bits per heavy atom. The second-order valence-electron chi connectivity index (χ2n) is 8.56. The van der Waals surface area contributed by atoms with Gasteiger partial charge in [-0.2, -0.15) is 13.2 Å². The minimum Gasteiger partial charge on any atom is -0.480 e. The average molecular weight is 515 g/mol. The number of aromatic nitrogens is 2. The zero-order chi connectivity index (χ0) is 27.1. The molecule has 0 spiro atoms. The number of carbonyl (C=O) groups is 2. The summed E-state index contributed by atoms with van der Waals surface area (Å²) in [5, 5.41) is 12.0. The number of alkyl halides is 3. The van der Waals surface area contributed by atoms with Crippen LogP contribution in [0.5, 0.6) is 0 Å². The average Bonchev–Trinajstić information content (AvgIpc) is 3.18. The van der Waals surface area contributed by atoms with Crippen LogP contribution < -0.4 is 10.9 Å². The van der Waals surface area contributed by atoms with Crippen molar-refractivity contribution in [2.75, 3.05) is 0 Å². The highest BCUT2D eigenvalue weighted by molar-refractivity contribution is 6.00. The van der Waals surface area contributed by atoms with Gasteiger partial charge >= 0.3 is 12.1 Å². The fraction of sp³-hybridized carbons (Fsp3) is 0.192. The van der Waals surface area contributed by atoms with Crippen molar-refractivity contribution in [3.05, 3.63) is 93.3 Å². The third-order valence-corrected chi connectivity index (χ3v) is 6.13. The van der Waals surface area contributed by atoms with Gasteiger partial charge in [0.2, 0.25) is 0 Å². The number of nitrogens with one attached hydrogen (secondary N) is 2. The lowest BCUT2D eigenvalue weighted by molar-refractivity contribution is -0.139. The second kappa shape index (κ2) is 9.57. The van der Waals surface area contributed by atoms with Gasteiger partial charge < -0.3 is 20.0 Å². The van der Waals surface area contributed by atoms with E-state index in [0.29, 0.717) is 11.1 Å². The topological polar surface area (TPSA) is 104 Å². The first-order valence-electron chi connectivity index (χ1n) is 11.1. The normalized spacial score (nSPS) is 12.5. The van der Waals surface area contributed by atoms with Crippen molar-refractivity contribution in [1.29, 1.82) is 0 Å². The molecule has 0 fully saturated rings. The van der Waals surface area contributed by atoms with E-state index in [4.69, 9.17) is 0 Å². The lowest BCUT2D eigenvalue weighted by atomic mass is 9.97. The summed E-state index contributed by atoms with van der Waals surface area (Å²) in [6, 6.07) is 11.0. The molecule has 0 aliphatic carbocycles. The third-order valence-electron chi connectivity index (χ3n) is 6.13. The molecule has 2 heterocycles. The number of hydrogen-bond acceptors (Lipinski definition) is 3. The van der Waals surface area contributed by atoms with E-state index in [-0.39, 0.29) is 23.1 Å². The quantitative estimate of drug-likeness (QED) is 0.331. The summed E-state index contributed by atoms with van der Waals surface area (Å²) in [5.74, 6) is -3.17. The van der Waals surface area contributed by atoms with E-state index in [1.54, 1.807) is 18.2 Å². The van der Waals surface area contributed by atoms with Crippen molar-refractivity contribution in [3.63, 3.8) is 0 Å². The smallest absolute Gasteiger partial charge is 0.417 e. The van der Waals surface area contributed by atoms with E-state index in [2.05, 4.69) is 10.3 Å². The predicted molar refractivity (Wildman–Crippen MR) is 128 cm³/mol. The highest BCUT2D eigenvalue weighted by Gasteiger charge is 2.36. The van der Waals surface area contributed by atoms with Gasteiger partial charge in [0.25, 0.3) is 11.5 Å². The van der Waals surface area contributed by atoms with Gasteiger partial charge in [-0.15, -0.1) is 0 Å². The van der Waals surface area contributed by atoms with Gasteiger partial charge in [-0.3, -0.25) is 9.59 Å². The molecular formula is C26H21F4N3O4. The Morgan fingerprint density at radius 3 is 2.35 bits per heavy atom. The van der Waals surface area contributed by atoms with Crippen LogP contribution in [0.25, 0.3) is 22.0 Å². The Kier molecular flexibility index (Phi) is 6.64. The number of pyridine rings is 1. The van der Waals surface area contributed by atoms with Crippen molar-refractivity contribution in [2.45, 2.75) is 25.6 Å². The summed E-state index contributed by atoms with van der Waals surface area (Å²) >= 11 is 0. The van der Waals surface area contributed by atoms with Crippen LogP contribution in [0.3, 0.4) is 0 Å². The number of para-hydroxylation sites is 1. The summed E-state index contributed by atoms with van der Waals surface area (Å²) in [6.45, 7) is 1.39. The maximum absolute atomic E-state index is 14.6. The van der Waals surface area contributed by atoms with Crippen LogP contribution in [-0.2, 0) is 24.4 Å². The summed E-state index contributed by atoms with van der Waals surface area (Å²) in [7, 11) is 1.37. The number of carboxylic acids is 1. The van der Waals surface area contributed by atoms with Crippen LogP contribution in [0, 0.1) is 12.7 Å². The minimum atomic E-state index is -4.76. The van der Waals surface area contributed by atoms with Crippen LogP contribution in [0.1, 0.15) is 27.3 Å². The standard InChI is InChI=1S/C26H21F4N3O4/c1-13-11-17(26(28,29)30)20(24(35)33(13)2)15-9-7-14(8-10-15)12-19(25(36)37)32-23(34)22-21(27)16-5-3-4-6-18(16)31-22/h3-11,19,31H,12H2,1-2H3,(H,32,34)(H,36,37)/t19-/m0/s1. The number of rotatable bonds is 6. The van der Waals surface area contributed by atoms with Crippen LogP contribution >= 0.6 is 0 Å². The maximum atomic E-state index is 14.6. The van der Waals surface area contributed by atoms with Crippen molar-refractivity contribution < 1.29 is 32.3 Å². The Labute approximate surface area is 207 Å². The molecule has 1 atom stereocenters. The first-order valence-corrected chi connectivity index (χ1v) is 11.1. The van der Waals surface area contributed by atoms with Crippen molar-refractivity contribution in [1.82, 2.24) is 14.9 Å². The number of amides is 1. The molecule has 0 radical (unpaired) electrons. The lowest BCUT2D eigenvalue weighted by Crippen LogP contribution is -2.42. The molecule has 11 heteroatoms. The number of halogens is 4. The van der Waals surface area contributed by atoms with E-state index in [1.807, 2.05) is 0 Å². The molecule has 0 saturated heterocycles. The number of nitrogens with zero attached hydrogens (tertiary/aromatic N) is 1. The zero-order valence-electron chi connectivity index (χ0n) is 19.6. The number of hydrogen-bond donors (Lipinski definition) is 3. The largest absolute Gasteiger partial charge is 0.480 e. The molecule has 0 aliphatic heterocycles. The van der Waals surface area contributed by atoms with Gasteiger partial charge in [0.05, 0.1) is 11.1 Å². The number of benzene rings is 2. The fourth-order valence-electron chi connectivity index (χ4n) is 4.06. The molecule has 0 unspecified atom stereocenters. The number of aliphatic carboxylic acids is 1. The molecule has 2 aromatic heterocycles. The minimum absolute atomic E-state index is 0.00716. The molecule has 0 saturated carbocycles. The number of carboxylic acid groups (broad SMARTS) is 1. The summed E-state index contributed by atoms with van der Waals surface area (Å²) in [5.41, 5.74) is -1.95. The zero-order valence-corrected chi connectivity index (χ0v) is 19.6. The van der Waals surface area contributed by atoms with Crippen LogP contribution in [0.2, 0.25) is 0 Å². The molecule has 4 rings (SSSR count). The molecule has 0 aliphatic rings. The number of H-pyrrole nitrogens is 1. The fourth-order valence-corrected chi connectivity index (χ4v) is 4.06. The van der Waals surface area contributed by atoms with Gasteiger partial charge in [0.1, 0.15) is 11.7 Å². The molecule has 192 valence electrons. The van der Waals surface area contributed by atoms with Gasteiger partial charge in [-0.1, -0.05) is 36.4 Å². The summed E-state index contributed by atoms with van der Waals surface area (Å²) in [4.78, 5) is 39.7. The van der Waals surface area contributed by atoms with Crippen LogP contribution in [0.4, 0.5) is 17.6 Å². The molecule has 4 aromatic rings. The number of fused-ring (bicyclic) bond motifs is 1. The molecule has 1 amide bonds. The van der Waals surface area contributed by atoms with E-state index in [1.165, 1.54) is 44.3 Å². The molecule has 3 N–H and O–H groups in total. The molecule has 2 aromatic carbocycles. The van der Waals surface area contributed by atoms with Crippen LogP contribution in [0.15, 0.2) is 59.4 Å². The van der Waals surface area contributed by atoms with Gasteiger partial charge in [0, 0.05) is 30.1 Å². The second-order valence-corrected chi connectivity index (χ2v) is 8.56. The number of aryl methyl sites for hydroxylation is 1. The monoisotopic (exact) mass is 515 g/mol. The highest BCUT2D eigenvalue weighted by atomic mass is 19.4. The molecular weight excluding hydrogens is 494 g/mol. The molecule has 0 bridgehead atoms. The SMILES string of the molecule is Cc1cc(C(F)(F)F)c(-c2ccc(C[C@H](NC(=O)c3[nH]c4ccccc4c3F)C(=O)O)cc2)c(=O)n1C. The van der Waals surface area contributed by atoms with Crippen molar-refractivity contribution in [3.8, 4) is 11.1 Å². The number of aromatic amines is 1. The Morgan fingerprint density at radius 1 is 1.11 bits per heavy atom. The Hall–Kier alpha value is -4.41. The third kappa shape index (κ3) is 4.97. The van der Waals surface area contributed by atoms with E-state index < -0.39 is 52.3 Å². The van der Waals surface area contributed by atoms with E-state index in [0.717, 1.165) is 10.6 Å². The van der Waals surface area contributed by atoms with E-state index >= 15 is 0 Å². The number of carbonyl (C=O) groups excluding carboxylic acids is 1.